The Morgan fingerprint density at radius 1 is 1.20 bits per heavy atom. The summed E-state index contributed by atoms with van der Waals surface area (Å²) in [7, 11) is 0. The van der Waals surface area contributed by atoms with Crippen LogP contribution in [0, 0.1) is 17.8 Å². The molecule has 0 heterocycles. The Morgan fingerprint density at radius 2 is 2.10 bits per heavy atom. The summed E-state index contributed by atoms with van der Waals surface area (Å²) in [4.78, 5) is 0. The van der Waals surface area contributed by atoms with Gasteiger partial charge in [0.25, 0.3) is 0 Å². The molecule has 2 aliphatic rings. The monoisotopic (exact) mass is 140 g/mol. The van der Waals surface area contributed by atoms with E-state index in [0.29, 0.717) is 6.61 Å². The van der Waals surface area contributed by atoms with Gasteiger partial charge in [0.2, 0.25) is 0 Å². The van der Waals surface area contributed by atoms with Gasteiger partial charge in [0, 0.05) is 6.61 Å². The van der Waals surface area contributed by atoms with Crippen molar-refractivity contribution in [1.29, 1.82) is 0 Å². The Hall–Kier alpha value is -0.0400. The highest BCUT2D eigenvalue weighted by Crippen LogP contribution is 2.49. The molecule has 0 aromatic heterocycles. The smallest absolute Gasteiger partial charge is 0.0433 e. The molecule has 0 unspecified atom stereocenters. The zero-order valence-corrected chi connectivity index (χ0v) is 6.42. The summed E-state index contributed by atoms with van der Waals surface area (Å²) in [5.41, 5.74) is 0. The second-order valence-corrected chi connectivity index (χ2v) is 3.95. The molecule has 0 aliphatic heterocycles. The molecule has 0 saturated heterocycles. The third-order valence-corrected chi connectivity index (χ3v) is 3.38. The van der Waals surface area contributed by atoms with Crippen molar-refractivity contribution < 1.29 is 5.11 Å². The van der Waals surface area contributed by atoms with E-state index in [2.05, 4.69) is 0 Å². The summed E-state index contributed by atoms with van der Waals surface area (Å²) in [5, 5.41) is 8.75. The standard InChI is InChI=1S/C9H16O/c10-4-3-9-6-7-1-2-8(9)5-7/h7-10H,1-6H2/t7-,8-,9-/m1/s1. The number of aliphatic hydroxyl groups is 1. The Balaban J connectivity index is 1.90. The molecule has 0 spiro atoms. The van der Waals surface area contributed by atoms with Crippen LogP contribution in [-0.2, 0) is 0 Å². The van der Waals surface area contributed by atoms with E-state index in [1.54, 1.807) is 0 Å². The molecule has 2 bridgehead atoms. The van der Waals surface area contributed by atoms with Crippen molar-refractivity contribution in [2.24, 2.45) is 17.8 Å². The van der Waals surface area contributed by atoms with Gasteiger partial charge in [-0.15, -0.1) is 0 Å². The van der Waals surface area contributed by atoms with Crippen LogP contribution in [0.5, 0.6) is 0 Å². The van der Waals surface area contributed by atoms with Crippen molar-refractivity contribution in [1.82, 2.24) is 0 Å². The van der Waals surface area contributed by atoms with Gasteiger partial charge in [0.15, 0.2) is 0 Å². The quantitative estimate of drug-likeness (QED) is 0.620. The van der Waals surface area contributed by atoms with E-state index in [-0.39, 0.29) is 0 Å². The van der Waals surface area contributed by atoms with Crippen LogP contribution in [0.2, 0.25) is 0 Å². The van der Waals surface area contributed by atoms with E-state index >= 15 is 0 Å². The first kappa shape index (κ1) is 6.66. The van der Waals surface area contributed by atoms with Gasteiger partial charge in [-0.25, -0.2) is 0 Å². The van der Waals surface area contributed by atoms with Crippen LogP contribution in [0.1, 0.15) is 32.1 Å². The number of aliphatic hydroxyl groups excluding tert-OH is 1. The van der Waals surface area contributed by atoms with E-state index in [0.717, 1.165) is 24.2 Å². The third-order valence-electron chi connectivity index (χ3n) is 3.38. The highest BCUT2D eigenvalue weighted by Gasteiger charge is 2.38. The average molecular weight is 140 g/mol. The van der Waals surface area contributed by atoms with Crippen molar-refractivity contribution in [3.05, 3.63) is 0 Å². The first-order valence-electron chi connectivity index (χ1n) is 4.51. The van der Waals surface area contributed by atoms with Crippen LogP contribution < -0.4 is 0 Å². The van der Waals surface area contributed by atoms with Gasteiger partial charge >= 0.3 is 0 Å². The van der Waals surface area contributed by atoms with Crippen molar-refractivity contribution in [2.75, 3.05) is 6.61 Å². The Morgan fingerprint density at radius 3 is 2.60 bits per heavy atom. The average Bonchev–Trinajstić information content (AvgIpc) is 2.48. The molecule has 0 amide bonds. The van der Waals surface area contributed by atoms with E-state index in [9.17, 15) is 0 Å². The lowest BCUT2D eigenvalue weighted by molar-refractivity contribution is 0.219. The van der Waals surface area contributed by atoms with Crippen molar-refractivity contribution in [2.45, 2.75) is 32.1 Å². The van der Waals surface area contributed by atoms with Gasteiger partial charge in [-0.05, 0) is 43.4 Å². The minimum Gasteiger partial charge on any atom is -0.396 e. The summed E-state index contributed by atoms with van der Waals surface area (Å²) < 4.78 is 0. The third kappa shape index (κ3) is 0.968. The Labute approximate surface area is 62.4 Å². The van der Waals surface area contributed by atoms with Gasteiger partial charge in [0.1, 0.15) is 0 Å². The molecule has 3 atom stereocenters. The molecule has 0 aromatic rings. The fraction of sp³-hybridized carbons (Fsp3) is 1.00. The molecule has 2 saturated carbocycles. The first-order valence-corrected chi connectivity index (χ1v) is 4.51. The van der Waals surface area contributed by atoms with Crippen LogP contribution in [0.3, 0.4) is 0 Å². The minimum atomic E-state index is 0.411. The summed E-state index contributed by atoms with van der Waals surface area (Å²) in [6.07, 6.45) is 6.90. The molecule has 58 valence electrons. The van der Waals surface area contributed by atoms with Crippen LogP contribution in [0.4, 0.5) is 0 Å². The predicted molar refractivity (Wildman–Crippen MR) is 40.6 cm³/mol. The lowest BCUT2D eigenvalue weighted by Gasteiger charge is -2.19. The predicted octanol–water partition coefficient (Wildman–Crippen LogP) is 1.80. The zero-order valence-electron chi connectivity index (χ0n) is 6.42. The highest BCUT2D eigenvalue weighted by atomic mass is 16.3. The summed E-state index contributed by atoms with van der Waals surface area (Å²) >= 11 is 0. The molecule has 2 aliphatic carbocycles. The molecule has 0 radical (unpaired) electrons. The molecule has 1 heteroatoms. The van der Waals surface area contributed by atoms with E-state index < -0.39 is 0 Å². The lowest BCUT2D eigenvalue weighted by atomic mass is 9.87. The lowest BCUT2D eigenvalue weighted by Crippen LogP contribution is -2.11. The SMILES string of the molecule is OCC[C@@H]1C[C@@H]2CC[C@@H]1C2. The second kappa shape index (κ2) is 2.54. The van der Waals surface area contributed by atoms with Crippen molar-refractivity contribution >= 4 is 0 Å². The second-order valence-electron chi connectivity index (χ2n) is 3.95. The largest absolute Gasteiger partial charge is 0.396 e. The Bertz CT molecular complexity index is 122. The van der Waals surface area contributed by atoms with Gasteiger partial charge in [-0.3, -0.25) is 0 Å². The summed E-state index contributed by atoms with van der Waals surface area (Å²) in [6.45, 7) is 0.411. The van der Waals surface area contributed by atoms with E-state index in [1.165, 1.54) is 25.7 Å². The van der Waals surface area contributed by atoms with Gasteiger partial charge in [-0.2, -0.15) is 0 Å². The summed E-state index contributed by atoms with van der Waals surface area (Å²) in [5.74, 6) is 2.93. The normalized spacial score (nSPS) is 44.7. The van der Waals surface area contributed by atoms with E-state index in [4.69, 9.17) is 5.11 Å². The molecule has 10 heavy (non-hydrogen) atoms. The topological polar surface area (TPSA) is 20.2 Å². The zero-order chi connectivity index (χ0) is 6.97. The molecule has 2 rings (SSSR count). The summed E-state index contributed by atoms with van der Waals surface area (Å²) in [6, 6.07) is 0. The maximum absolute atomic E-state index is 8.75. The molecule has 1 N–H and O–H groups in total. The highest BCUT2D eigenvalue weighted by molar-refractivity contribution is 4.89. The maximum atomic E-state index is 8.75. The van der Waals surface area contributed by atoms with Crippen LogP contribution in [0.25, 0.3) is 0 Å². The van der Waals surface area contributed by atoms with Gasteiger partial charge in [0.05, 0.1) is 0 Å². The number of hydrogen-bond donors (Lipinski definition) is 1. The molecule has 1 nitrogen and oxygen atoms in total. The number of hydrogen-bond acceptors (Lipinski definition) is 1. The molecular weight excluding hydrogens is 124 g/mol. The van der Waals surface area contributed by atoms with Gasteiger partial charge in [-0.1, -0.05) is 6.42 Å². The maximum Gasteiger partial charge on any atom is 0.0433 e. The van der Waals surface area contributed by atoms with Crippen LogP contribution in [-0.4, -0.2) is 11.7 Å². The first-order chi connectivity index (χ1) is 4.90. The van der Waals surface area contributed by atoms with Crippen LogP contribution in [0.15, 0.2) is 0 Å². The van der Waals surface area contributed by atoms with Crippen molar-refractivity contribution in [3.8, 4) is 0 Å². The fourth-order valence-electron chi connectivity index (χ4n) is 2.90. The Kier molecular flexibility index (Phi) is 1.69. The number of fused-ring (bicyclic) bond motifs is 2. The van der Waals surface area contributed by atoms with Crippen molar-refractivity contribution in [3.63, 3.8) is 0 Å². The van der Waals surface area contributed by atoms with Crippen LogP contribution >= 0.6 is 0 Å². The number of rotatable bonds is 2. The minimum absolute atomic E-state index is 0.411. The fourth-order valence-corrected chi connectivity index (χ4v) is 2.90. The van der Waals surface area contributed by atoms with Gasteiger partial charge < -0.3 is 5.11 Å². The molecule has 2 fully saturated rings. The molecular formula is C9H16O. The molecule has 0 aromatic carbocycles. The van der Waals surface area contributed by atoms with E-state index in [1.807, 2.05) is 0 Å².